The van der Waals surface area contributed by atoms with E-state index in [9.17, 15) is 18.7 Å². The number of benzene rings is 2. The number of nitrogens with zero attached hydrogens (tertiary/aromatic N) is 2. The fourth-order valence-corrected chi connectivity index (χ4v) is 5.96. The number of carbonyl (C=O) groups is 2. The second kappa shape index (κ2) is 9.32. The first kappa shape index (κ1) is 23.8. The predicted molar refractivity (Wildman–Crippen MR) is 124 cm³/mol. The van der Waals surface area contributed by atoms with Crippen LogP contribution in [0.25, 0.3) is 0 Å². The molecule has 0 bridgehead atoms. The lowest BCUT2D eigenvalue weighted by Gasteiger charge is -2.46. The number of aliphatic imine (C=N–C) groups is 1. The highest BCUT2D eigenvalue weighted by Gasteiger charge is 2.54. The van der Waals surface area contributed by atoms with E-state index in [0.717, 1.165) is 4.31 Å². The van der Waals surface area contributed by atoms with Crippen molar-refractivity contribution in [3.8, 4) is 5.75 Å². The Kier molecular flexibility index (Phi) is 6.92. The van der Waals surface area contributed by atoms with Crippen molar-refractivity contribution >= 4 is 28.4 Å². The van der Waals surface area contributed by atoms with Crippen molar-refractivity contribution in [3.63, 3.8) is 0 Å². The van der Waals surface area contributed by atoms with Crippen LogP contribution in [0.1, 0.15) is 41.9 Å². The number of rotatable bonds is 6. The van der Waals surface area contributed by atoms with Gasteiger partial charge in [0.1, 0.15) is 28.9 Å². The molecule has 0 aromatic heterocycles. The van der Waals surface area contributed by atoms with Gasteiger partial charge in [0, 0.05) is 0 Å². The fourth-order valence-electron chi connectivity index (χ4n) is 3.61. The standard InChI is InChI=1S/C23H28N2O6S/c1-23(2,3)25-21(26)19(20(32(25,28)29)16-10-6-5-7-11-16)24-14-15-31-18-13-9-8-12-17(18)22(27)30-4/h5-13,20,28-29H,14-15H2,1-4H3. The molecule has 1 aliphatic heterocycles. The lowest BCUT2D eigenvalue weighted by molar-refractivity contribution is -0.122. The molecule has 3 rings (SSSR count). The van der Waals surface area contributed by atoms with Gasteiger partial charge in [-0.25, -0.2) is 9.10 Å². The maximum atomic E-state index is 13.2. The number of hydrogen-bond donors (Lipinski definition) is 2. The van der Waals surface area contributed by atoms with E-state index >= 15 is 0 Å². The molecule has 2 N–H and O–H groups in total. The van der Waals surface area contributed by atoms with E-state index in [1.54, 1.807) is 69.3 Å². The number of carbonyl (C=O) groups excluding carboxylic acids is 2. The summed E-state index contributed by atoms with van der Waals surface area (Å²) in [6, 6.07) is 15.5. The van der Waals surface area contributed by atoms with E-state index in [4.69, 9.17) is 9.47 Å². The van der Waals surface area contributed by atoms with E-state index in [1.165, 1.54) is 7.11 Å². The van der Waals surface area contributed by atoms with Gasteiger partial charge in [0.05, 0.1) is 19.2 Å². The quantitative estimate of drug-likeness (QED) is 0.490. The summed E-state index contributed by atoms with van der Waals surface area (Å²) in [6.45, 7) is 5.42. The molecule has 9 heteroatoms. The largest absolute Gasteiger partial charge is 0.491 e. The van der Waals surface area contributed by atoms with Gasteiger partial charge in [-0.3, -0.25) is 18.9 Å². The Morgan fingerprint density at radius 1 is 1.09 bits per heavy atom. The van der Waals surface area contributed by atoms with Gasteiger partial charge in [-0.05, 0) is 38.5 Å². The van der Waals surface area contributed by atoms with Crippen molar-refractivity contribution in [2.75, 3.05) is 20.3 Å². The molecule has 1 amide bonds. The maximum absolute atomic E-state index is 13.2. The van der Waals surface area contributed by atoms with Gasteiger partial charge < -0.3 is 9.47 Å². The summed E-state index contributed by atoms with van der Waals surface area (Å²) in [4.78, 5) is 29.5. The molecule has 32 heavy (non-hydrogen) atoms. The van der Waals surface area contributed by atoms with Gasteiger partial charge in [-0.1, -0.05) is 42.5 Å². The van der Waals surface area contributed by atoms with E-state index in [2.05, 4.69) is 4.99 Å². The second-order valence-electron chi connectivity index (χ2n) is 8.23. The molecule has 8 nitrogen and oxygen atoms in total. The Morgan fingerprint density at radius 3 is 2.34 bits per heavy atom. The molecule has 0 spiro atoms. The average Bonchev–Trinajstić information content (AvgIpc) is 2.95. The SMILES string of the molecule is COC(=O)c1ccccc1OCCN=C1C(=O)N(C(C)(C)C)S(O)(O)C1c1ccccc1. The number of ether oxygens (including phenoxy) is 2. The monoisotopic (exact) mass is 460 g/mol. The molecular formula is C23H28N2O6S. The van der Waals surface area contributed by atoms with Crippen LogP contribution in [0.3, 0.4) is 0 Å². The molecule has 172 valence electrons. The van der Waals surface area contributed by atoms with Crippen molar-refractivity contribution in [3.05, 3.63) is 65.7 Å². The van der Waals surface area contributed by atoms with Crippen LogP contribution < -0.4 is 4.74 Å². The van der Waals surface area contributed by atoms with Crippen LogP contribution in [-0.2, 0) is 9.53 Å². The Balaban J connectivity index is 1.86. The molecule has 0 radical (unpaired) electrons. The summed E-state index contributed by atoms with van der Waals surface area (Å²) < 4.78 is 33.7. The Morgan fingerprint density at radius 2 is 1.72 bits per heavy atom. The third-order valence-electron chi connectivity index (χ3n) is 4.87. The zero-order chi connectivity index (χ0) is 23.5. The third-order valence-corrected chi connectivity index (χ3v) is 7.25. The molecule has 0 aliphatic carbocycles. The van der Waals surface area contributed by atoms with Gasteiger partial charge in [-0.2, -0.15) is 0 Å². The van der Waals surface area contributed by atoms with Crippen LogP contribution in [0, 0.1) is 0 Å². The Bertz CT molecular complexity index is 1020. The summed E-state index contributed by atoms with van der Waals surface area (Å²) in [5.41, 5.74) is 0.157. The smallest absolute Gasteiger partial charge is 0.341 e. The molecule has 1 atom stereocenters. The lowest BCUT2D eigenvalue weighted by atomic mass is 10.1. The summed E-state index contributed by atoms with van der Waals surface area (Å²) in [6.07, 6.45) is 0. The van der Waals surface area contributed by atoms with E-state index in [1.807, 2.05) is 6.07 Å². The summed E-state index contributed by atoms with van der Waals surface area (Å²) in [7, 11) is -2.21. The van der Waals surface area contributed by atoms with Crippen LogP contribution in [-0.4, -0.2) is 56.8 Å². The molecule has 0 saturated carbocycles. The van der Waals surface area contributed by atoms with E-state index < -0.39 is 33.4 Å². The van der Waals surface area contributed by atoms with Crippen molar-refractivity contribution in [1.29, 1.82) is 0 Å². The van der Waals surface area contributed by atoms with Gasteiger partial charge >= 0.3 is 5.97 Å². The highest BCUT2D eigenvalue weighted by atomic mass is 32.3. The van der Waals surface area contributed by atoms with Gasteiger partial charge in [0.25, 0.3) is 5.91 Å². The zero-order valence-electron chi connectivity index (χ0n) is 18.5. The van der Waals surface area contributed by atoms with Gasteiger partial charge in [-0.15, -0.1) is 10.8 Å². The minimum Gasteiger partial charge on any atom is -0.491 e. The number of para-hydroxylation sites is 1. The summed E-state index contributed by atoms with van der Waals surface area (Å²) >= 11 is 0. The average molecular weight is 461 g/mol. The zero-order valence-corrected chi connectivity index (χ0v) is 19.3. The fraction of sp³-hybridized carbons (Fsp3) is 0.348. The molecular weight excluding hydrogens is 432 g/mol. The van der Waals surface area contributed by atoms with Crippen molar-refractivity contribution in [1.82, 2.24) is 4.31 Å². The lowest BCUT2D eigenvalue weighted by Crippen LogP contribution is -2.43. The van der Waals surface area contributed by atoms with Gasteiger partial charge in [0.15, 0.2) is 0 Å². The Labute approximate surface area is 189 Å². The van der Waals surface area contributed by atoms with E-state index in [-0.39, 0.29) is 24.4 Å². The normalized spacial score (nSPS) is 20.3. The van der Waals surface area contributed by atoms with Crippen LogP contribution in [0.2, 0.25) is 0 Å². The molecule has 2 aromatic rings. The molecule has 1 saturated heterocycles. The number of esters is 1. The van der Waals surface area contributed by atoms with Crippen molar-refractivity contribution < 1.29 is 28.2 Å². The topological polar surface area (TPSA) is 109 Å². The van der Waals surface area contributed by atoms with Crippen LogP contribution >= 0.6 is 10.8 Å². The van der Waals surface area contributed by atoms with Crippen LogP contribution in [0.5, 0.6) is 5.75 Å². The first-order chi connectivity index (χ1) is 15.1. The molecule has 1 heterocycles. The highest BCUT2D eigenvalue weighted by Crippen LogP contribution is 2.64. The molecule has 1 unspecified atom stereocenters. The third kappa shape index (κ3) is 4.64. The number of amides is 1. The Hall–Kier alpha value is -2.88. The van der Waals surface area contributed by atoms with Crippen LogP contribution in [0.4, 0.5) is 0 Å². The molecule has 1 aliphatic rings. The second-order valence-corrected chi connectivity index (χ2v) is 10.2. The first-order valence-electron chi connectivity index (χ1n) is 10.1. The summed E-state index contributed by atoms with van der Waals surface area (Å²) in [5, 5.41) is -0.960. The molecule has 1 fully saturated rings. The predicted octanol–water partition coefficient (Wildman–Crippen LogP) is 4.34. The maximum Gasteiger partial charge on any atom is 0.341 e. The highest BCUT2D eigenvalue weighted by molar-refractivity contribution is 8.24. The number of methoxy groups -OCH3 is 1. The molecule has 2 aromatic carbocycles. The van der Waals surface area contributed by atoms with Gasteiger partial charge in [0.2, 0.25) is 0 Å². The van der Waals surface area contributed by atoms with Crippen LogP contribution in [0.15, 0.2) is 59.6 Å². The number of hydrogen-bond acceptors (Lipinski definition) is 7. The van der Waals surface area contributed by atoms with Crippen molar-refractivity contribution in [2.45, 2.75) is 31.6 Å². The summed E-state index contributed by atoms with van der Waals surface area (Å²) in [5.74, 6) is -0.685. The minimum absolute atomic E-state index is 0.0796. The van der Waals surface area contributed by atoms with Crippen molar-refractivity contribution in [2.24, 2.45) is 4.99 Å². The minimum atomic E-state index is -3.50. The van der Waals surface area contributed by atoms with E-state index in [0.29, 0.717) is 11.3 Å². The first-order valence-corrected chi connectivity index (χ1v) is 11.7.